The molecule has 0 saturated heterocycles. The number of hydrogen-bond acceptors (Lipinski definition) is 4. The first kappa shape index (κ1) is 15.8. The van der Waals surface area contributed by atoms with Gasteiger partial charge in [-0.05, 0) is 24.8 Å². The predicted molar refractivity (Wildman–Crippen MR) is 89.9 cm³/mol. The highest BCUT2D eigenvalue weighted by molar-refractivity contribution is 6.30. The van der Waals surface area contributed by atoms with Gasteiger partial charge in [-0.3, -0.25) is 14.5 Å². The third-order valence-corrected chi connectivity index (χ3v) is 4.58. The summed E-state index contributed by atoms with van der Waals surface area (Å²) in [7, 11) is 0. The molecule has 0 radical (unpaired) electrons. The zero-order chi connectivity index (χ0) is 16.4. The smallest absolute Gasteiger partial charge is 0.254 e. The van der Waals surface area contributed by atoms with Crippen LogP contribution in [0, 0.1) is 5.92 Å². The van der Waals surface area contributed by atoms with Gasteiger partial charge in [-0.2, -0.15) is 5.10 Å². The lowest BCUT2D eigenvalue weighted by atomic mass is 9.86. The molecule has 23 heavy (non-hydrogen) atoms. The van der Waals surface area contributed by atoms with E-state index in [1.807, 2.05) is 4.68 Å². The van der Waals surface area contributed by atoms with Crippen molar-refractivity contribution in [2.75, 3.05) is 5.32 Å². The van der Waals surface area contributed by atoms with Gasteiger partial charge < -0.3 is 11.1 Å². The average molecular weight is 334 g/mol. The zero-order valence-corrected chi connectivity index (χ0v) is 13.8. The molecule has 0 bridgehead atoms. The highest BCUT2D eigenvalue weighted by Crippen LogP contribution is 2.34. The molecule has 1 aliphatic carbocycles. The van der Waals surface area contributed by atoms with Gasteiger partial charge in [0.2, 0.25) is 0 Å². The summed E-state index contributed by atoms with van der Waals surface area (Å²) in [5.74, 6) is 0.474. The fourth-order valence-corrected chi connectivity index (χ4v) is 3.31. The Hall–Kier alpha value is -2.08. The van der Waals surface area contributed by atoms with Gasteiger partial charge in [0.25, 0.3) is 5.91 Å². The van der Waals surface area contributed by atoms with Gasteiger partial charge in [0, 0.05) is 12.4 Å². The van der Waals surface area contributed by atoms with Crippen LogP contribution in [0.15, 0.2) is 24.7 Å². The Labute approximate surface area is 140 Å². The van der Waals surface area contributed by atoms with E-state index in [9.17, 15) is 4.79 Å². The number of nitrogens with one attached hydrogen (secondary N) is 1. The summed E-state index contributed by atoms with van der Waals surface area (Å²) in [6.45, 7) is 2.23. The first-order valence-electron chi connectivity index (χ1n) is 7.81. The minimum Gasteiger partial charge on any atom is -0.365 e. The Bertz CT molecular complexity index is 714. The van der Waals surface area contributed by atoms with E-state index >= 15 is 0 Å². The average Bonchev–Trinajstić information content (AvgIpc) is 2.91. The van der Waals surface area contributed by atoms with E-state index in [4.69, 9.17) is 17.3 Å². The Balaban J connectivity index is 1.91. The molecule has 3 rings (SSSR count). The number of halogens is 1. The van der Waals surface area contributed by atoms with E-state index in [1.165, 1.54) is 19.3 Å². The topological polar surface area (TPSA) is 85.8 Å². The number of amides is 1. The third kappa shape index (κ3) is 3.47. The fraction of sp³-hybridized carbons (Fsp3) is 0.438. The molecule has 1 fully saturated rings. The number of nitrogens with zero attached hydrogens (tertiary/aromatic N) is 3. The van der Waals surface area contributed by atoms with Crippen molar-refractivity contribution in [3.05, 3.63) is 35.2 Å². The maximum absolute atomic E-state index is 11.7. The van der Waals surface area contributed by atoms with Crippen molar-refractivity contribution >= 4 is 29.0 Å². The van der Waals surface area contributed by atoms with Gasteiger partial charge in [-0.25, -0.2) is 0 Å². The molecule has 6 nitrogen and oxygen atoms in total. The van der Waals surface area contributed by atoms with Gasteiger partial charge in [0.05, 0.1) is 22.9 Å². The second-order valence-electron chi connectivity index (χ2n) is 6.08. The summed E-state index contributed by atoms with van der Waals surface area (Å²) in [4.78, 5) is 15.8. The molecular formula is C16H20ClN5O. The molecule has 122 valence electrons. The summed E-state index contributed by atoms with van der Waals surface area (Å²) in [5, 5.41) is 8.16. The van der Waals surface area contributed by atoms with Gasteiger partial charge in [0.1, 0.15) is 5.56 Å². The van der Waals surface area contributed by atoms with Crippen LogP contribution in [0.5, 0.6) is 0 Å². The van der Waals surface area contributed by atoms with Gasteiger partial charge in [-0.15, -0.1) is 0 Å². The Kier molecular flexibility index (Phi) is 4.52. The van der Waals surface area contributed by atoms with Crippen molar-refractivity contribution in [1.29, 1.82) is 0 Å². The molecule has 1 amide bonds. The third-order valence-electron chi connectivity index (χ3n) is 4.37. The molecular weight excluding hydrogens is 314 g/mol. The number of nitrogens with two attached hydrogens (primary N) is 1. The molecule has 0 spiro atoms. The largest absolute Gasteiger partial charge is 0.365 e. The summed E-state index contributed by atoms with van der Waals surface area (Å²) in [6, 6.07) is 2.02. The zero-order valence-electron chi connectivity index (χ0n) is 13.0. The molecule has 3 N–H and O–H groups in total. The number of hydrogen-bond donors (Lipinski definition) is 2. The molecule has 2 heterocycles. The summed E-state index contributed by atoms with van der Waals surface area (Å²) in [6.07, 6.45) is 9.59. The second kappa shape index (κ2) is 6.58. The van der Waals surface area contributed by atoms with Crippen LogP contribution in [0.2, 0.25) is 5.02 Å². The van der Waals surface area contributed by atoms with Crippen LogP contribution in [-0.4, -0.2) is 20.7 Å². The number of carbonyl (C=O) groups excluding carboxylic acids is 1. The highest BCUT2D eigenvalue weighted by atomic mass is 35.5. The number of primary amides is 1. The lowest BCUT2D eigenvalue weighted by molar-refractivity contribution is 0.100. The lowest BCUT2D eigenvalue weighted by Crippen LogP contribution is -2.21. The summed E-state index contributed by atoms with van der Waals surface area (Å²) >= 11 is 5.94. The Morgan fingerprint density at radius 2 is 2.17 bits per heavy atom. The van der Waals surface area contributed by atoms with Crippen LogP contribution < -0.4 is 11.1 Å². The monoisotopic (exact) mass is 333 g/mol. The van der Waals surface area contributed by atoms with Crippen molar-refractivity contribution in [2.45, 2.75) is 38.6 Å². The molecule has 0 aliphatic heterocycles. The molecule has 2 atom stereocenters. The van der Waals surface area contributed by atoms with E-state index in [2.05, 4.69) is 22.3 Å². The van der Waals surface area contributed by atoms with Crippen molar-refractivity contribution < 1.29 is 4.79 Å². The maximum atomic E-state index is 11.7. The Morgan fingerprint density at radius 3 is 2.87 bits per heavy atom. The van der Waals surface area contributed by atoms with Gasteiger partial charge in [-0.1, -0.05) is 31.4 Å². The van der Waals surface area contributed by atoms with E-state index in [-0.39, 0.29) is 0 Å². The normalized spacial score (nSPS) is 21.1. The lowest BCUT2D eigenvalue weighted by Gasteiger charge is -2.28. The first-order valence-corrected chi connectivity index (χ1v) is 8.19. The van der Waals surface area contributed by atoms with Crippen LogP contribution in [0.25, 0.3) is 0 Å². The molecule has 1 aliphatic rings. The first-order chi connectivity index (χ1) is 11.0. The van der Waals surface area contributed by atoms with Crippen molar-refractivity contribution in [3.8, 4) is 0 Å². The fourth-order valence-electron chi connectivity index (χ4n) is 3.14. The second-order valence-corrected chi connectivity index (χ2v) is 6.52. The molecule has 2 aromatic heterocycles. The van der Waals surface area contributed by atoms with Crippen LogP contribution in [0.4, 0.5) is 11.5 Å². The number of rotatable bonds is 4. The van der Waals surface area contributed by atoms with E-state index in [1.54, 1.807) is 24.7 Å². The van der Waals surface area contributed by atoms with Crippen molar-refractivity contribution in [1.82, 2.24) is 14.8 Å². The van der Waals surface area contributed by atoms with Gasteiger partial charge >= 0.3 is 0 Å². The summed E-state index contributed by atoms with van der Waals surface area (Å²) < 4.78 is 1.88. The predicted octanol–water partition coefficient (Wildman–Crippen LogP) is 3.53. The highest BCUT2D eigenvalue weighted by Gasteiger charge is 2.26. The molecule has 0 unspecified atom stereocenters. The minimum absolute atomic E-state index is 0.301. The SMILES string of the molecule is C[C@H]1CCCC[C@@H]1n1cc(C(N)=O)c(Nc2cncc(Cl)c2)n1. The van der Waals surface area contributed by atoms with E-state index < -0.39 is 5.91 Å². The molecule has 7 heteroatoms. The number of carbonyl (C=O) groups is 1. The van der Waals surface area contributed by atoms with Crippen LogP contribution in [-0.2, 0) is 0 Å². The van der Waals surface area contributed by atoms with Crippen molar-refractivity contribution in [2.24, 2.45) is 11.7 Å². The maximum Gasteiger partial charge on any atom is 0.254 e. The van der Waals surface area contributed by atoms with Crippen LogP contribution >= 0.6 is 11.6 Å². The molecule has 2 aromatic rings. The quantitative estimate of drug-likeness (QED) is 0.896. The van der Waals surface area contributed by atoms with Crippen LogP contribution in [0.1, 0.15) is 49.0 Å². The summed E-state index contributed by atoms with van der Waals surface area (Å²) in [5.41, 5.74) is 6.55. The molecule has 1 saturated carbocycles. The number of aromatic nitrogens is 3. The van der Waals surface area contributed by atoms with E-state index in [0.717, 1.165) is 6.42 Å². The minimum atomic E-state index is -0.503. The van der Waals surface area contributed by atoms with Crippen LogP contribution in [0.3, 0.4) is 0 Å². The number of anilines is 2. The Morgan fingerprint density at radius 1 is 1.39 bits per heavy atom. The van der Waals surface area contributed by atoms with Gasteiger partial charge in [0.15, 0.2) is 5.82 Å². The standard InChI is InChI=1S/C16H20ClN5O/c1-10-4-2-3-5-14(10)22-9-13(15(18)23)16(21-22)20-12-6-11(17)7-19-8-12/h6-10,14H,2-5H2,1H3,(H2,18,23)(H,20,21)/t10-,14-/m0/s1. The number of pyridine rings is 1. The molecule has 0 aromatic carbocycles. The van der Waals surface area contributed by atoms with E-state index in [0.29, 0.717) is 34.1 Å². The van der Waals surface area contributed by atoms with Crippen molar-refractivity contribution in [3.63, 3.8) is 0 Å².